The van der Waals surface area contributed by atoms with Gasteiger partial charge in [-0.2, -0.15) is 0 Å². The highest BCUT2D eigenvalue weighted by atomic mass is 16.5. The van der Waals surface area contributed by atoms with Crippen LogP contribution in [0.5, 0.6) is 11.5 Å². The van der Waals surface area contributed by atoms with Crippen molar-refractivity contribution in [3.05, 3.63) is 240 Å². The lowest BCUT2D eigenvalue weighted by Gasteiger charge is -2.42. The van der Waals surface area contributed by atoms with Crippen LogP contribution >= 0.6 is 0 Å². The molecule has 0 saturated heterocycles. The highest BCUT2D eigenvalue weighted by molar-refractivity contribution is 6.09. The summed E-state index contributed by atoms with van der Waals surface area (Å²) < 4.78 is 106. The first-order valence-corrected chi connectivity index (χ1v) is 29.8. The van der Waals surface area contributed by atoms with Gasteiger partial charge >= 0.3 is 0 Å². The molecular weight excluding hydrogens is 1030 g/mol. The molecule has 0 unspecified atom stereocenters. The van der Waals surface area contributed by atoms with Gasteiger partial charge in [-0.25, -0.2) is 4.98 Å². The van der Waals surface area contributed by atoms with Gasteiger partial charge in [-0.15, -0.1) is 0 Å². The lowest BCUT2D eigenvalue weighted by Crippen LogP contribution is -2.33. The van der Waals surface area contributed by atoms with E-state index < -0.39 is 27.1 Å². The van der Waals surface area contributed by atoms with Crippen LogP contribution in [-0.2, 0) is 27.1 Å². The topological polar surface area (TPSA) is 33.5 Å². The Bertz CT molecular complexity index is 4970. The summed E-state index contributed by atoms with van der Waals surface area (Å²) in [6.07, 6.45) is 3.29. The second kappa shape index (κ2) is 20.5. The molecule has 5 heteroatoms. The van der Waals surface area contributed by atoms with Crippen molar-refractivity contribution in [2.75, 3.05) is 16.5 Å². The molecule has 2 aliphatic rings. The van der Waals surface area contributed by atoms with Crippen molar-refractivity contribution in [2.24, 2.45) is 0 Å². The summed E-state index contributed by atoms with van der Waals surface area (Å²) in [5, 5.41) is 2.00. The molecule has 0 fully saturated rings. The molecule has 11 aromatic rings. The van der Waals surface area contributed by atoms with Gasteiger partial charge in [0.15, 0.2) is 0 Å². The molecule has 13 rings (SSSR count). The lowest BCUT2D eigenvalue weighted by molar-refractivity contribution is 0.332. The largest absolute Gasteiger partial charge is 0.457 e. The second-order valence-electron chi connectivity index (χ2n) is 27.6. The summed E-state index contributed by atoms with van der Waals surface area (Å²) >= 11 is 0. The van der Waals surface area contributed by atoms with E-state index in [0.717, 1.165) is 68.4 Å². The molecule has 0 radical (unpaired) electrons. The van der Waals surface area contributed by atoms with Gasteiger partial charge in [-0.1, -0.05) is 211 Å². The molecule has 426 valence electrons. The zero-order valence-corrected chi connectivity index (χ0v) is 51.3. The van der Waals surface area contributed by atoms with Crippen LogP contribution in [0.2, 0.25) is 0 Å². The van der Waals surface area contributed by atoms with Crippen LogP contribution < -0.4 is 14.5 Å². The molecule has 0 spiro atoms. The van der Waals surface area contributed by atoms with E-state index in [0.29, 0.717) is 78.6 Å². The fourth-order valence-corrected chi connectivity index (χ4v) is 12.4. The normalized spacial score (nSPS) is 16.5. The number of fused-ring (bicyclic) bond motifs is 5. The van der Waals surface area contributed by atoms with Crippen LogP contribution in [0.4, 0.5) is 22.7 Å². The Morgan fingerprint density at radius 3 is 1.84 bits per heavy atom. The molecule has 0 N–H and O–H groups in total. The molecule has 0 bridgehead atoms. The highest BCUT2D eigenvalue weighted by Gasteiger charge is 2.39. The summed E-state index contributed by atoms with van der Waals surface area (Å²) in [5.41, 5.74) is 9.36. The Kier molecular flexibility index (Phi) is 10.8. The van der Waals surface area contributed by atoms with Crippen molar-refractivity contribution < 1.29 is 18.4 Å². The molecule has 0 amide bonds. The Hall–Kier alpha value is -8.67. The van der Waals surface area contributed by atoms with E-state index in [2.05, 4.69) is 105 Å². The number of anilines is 4. The van der Waals surface area contributed by atoms with Crippen molar-refractivity contribution in [2.45, 2.75) is 130 Å². The molecular formula is C80H80N4O. The van der Waals surface area contributed by atoms with E-state index in [1.807, 2.05) is 145 Å². The minimum atomic E-state index is -0.700. The number of nitrogens with zero attached hydrogens (tertiary/aromatic N) is 4. The first-order valence-electron chi connectivity index (χ1n) is 34.8. The van der Waals surface area contributed by atoms with E-state index in [-0.39, 0.29) is 67.1 Å². The fraction of sp³-hybridized carbons (Fsp3) is 0.263. The van der Waals surface area contributed by atoms with Crippen LogP contribution in [0.15, 0.2) is 212 Å². The van der Waals surface area contributed by atoms with Gasteiger partial charge in [0.1, 0.15) is 24.0 Å². The summed E-state index contributed by atoms with van der Waals surface area (Å²) in [6, 6.07) is 47.5. The third-order valence-electron chi connectivity index (χ3n) is 17.3. The molecule has 2 aromatic heterocycles. The van der Waals surface area contributed by atoms with Crippen molar-refractivity contribution in [3.8, 4) is 61.8 Å². The average Bonchev–Trinajstić information content (AvgIpc) is 1.08. The van der Waals surface area contributed by atoms with Gasteiger partial charge in [-0.3, -0.25) is 4.57 Å². The zero-order valence-electron chi connectivity index (χ0n) is 61.3. The van der Waals surface area contributed by atoms with Crippen molar-refractivity contribution in [1.82, 2.24) is 9.55 Å². The van der Waals surface area contributed by atoms with Gasteiger partial charge in [0.25, 0.3) is 0 Å². The van der Waals surface area contributed by atoms with Gasteiger partial charge < -0.3 is 14.5 Å². The maximum atomic E-state index is 10.6. The number of benzene rings is 9. The van der Waals surface area contributed by atoms with Crippen LogP contribution in [0.3, 0.4) is 0 Å². The quantitative estimate of drug-likeness (QED) is 0.144. The number of ether oxygens (including phenoxy) is 1. The van der Waals surface area contributed by atoms with Crippen LogP contribution in [0.1, 0.15) is 144 Å². The van der Waals surface area contributed by atoms with E-state index in [4.69, 9.17) is 15.2 Å². The van der Waals surface area contributed by atoms with E-state index in [9.17, 15) is 8.22 Å². The maximum Gasteiger partial charge on any atom is 0.137 e. The lowest BCUT2D eigenvalue weighted by atomic mass is 9.63. The summed E-state index contributed by atoms with van der Waals surface area (Å²) in [6.45, 7) is 27.0. The second-order valence-corrected chi connectivity index (χ2v) is 27.6. The first-order chi connectivity index (χ1) is 44.7. The standard InChI is InChI=1S/C80H80N4O/c1-76(2,3)57-43-55(52-24-15-14-16-25-52)42-56(44-57)66-47-58(77(4,5)6)46-65(53-34-38-68-69(45-53)80(12,13)41-40-79(68,10)11)75(66)83-51-82(71-32-21-22-33-72(71)83)59-26-23-27-60(48-59)85-61-36-37-64-63-29-18-20-31-70(63)84(73(64)49-61)74-39-35-54(50-81-74)62-28-17-19-30-67(62)78(7,8)9/h14-39,42-50H,40-41,51H2,1-13H3/i17D,19D,28D,30D,34D,38D,42D,43D,44D,45D. The molecule has 0 saturated carbocycles. The van der Waals surface area contributed by atoms with Gasteiger partial charge in [0.2, 0.25) is 0 Å². The number of para-hydroxylation sites is 3. The zero-order chi connectivity index (χ0) is 68.1. The van der Waals surface area contributed by atoms with Crippen LogP contribution in [0.25, 0.3) is 72.1 Å². The SMILES string of the molecule is [2H]c1c([2H])c([2H])c(C(C)(C)C)c(-c2ccc(-n3c4ccccc4c4ccc(Oc5cccc(N6CN(c7c(-c8c([2H])c(-c9ccccc9)c([2H])c(C(C)(C)C)c8[2H])cc(C(C)(C)C)cc7-c7c([2H])c([2H])c8c(c7[2H])C(C)(C)CCC8(C)C)c7ccccc76)c5)cc43)nc2)c1[2H]. The number of hydrogen-bond donors (Lipinski definition) is 0. The predicted molar refractivity (Wildman–Crippen MR) is 360 cm³/mol. The Balaban J connectivity index is 0.975. The summed E-state index contributed by atoms with van der Waals surface area (Å²) in [5.74, 6) is 1.76. The van der Waals surface area contributed by atoms with Crippen LogP contribution in [0, 0.1) is 0 Å². The molecule has 5 nitrogen and oxygen atoms in total. The molecule has 9 aromatic carbocycles. The van der Waals surface area contributed by atoms with Crippen molar-refractivity contribution in [3.63, 3.8) is 0 Å². The molecule has 3 heterocycles. The van der Waals surface area contributed by atoms with Gasteiger partial charge in [-0.05, 0) is 168 Å². The maximum absolute atomic E-state index is 10.6. The van der Waals surface area contributed by atoms with E-state index in [1.54, 1.807) is 6.20 Å². The number of aromatic nitrogens is 2. The average molecular weight is 1120 g/mol. The molecule has 85 heavy (non-hydrogen) atoms. The van der Waals surface area contributed by atoms with Crippen molar-refractivity contribution >= 4 is 44.6 Å². The Morgan fingerprint density at radius 2 is 1.12 bits per heavy atom. The minimum Gasteiger partial charge on any atom is -0.457 e. The van der Waals surface area contributed by atoms with Crippen LogP contribution in [-0.4, -0.2) is 16.2 Å². The fourth-order valence-electron chi connectivity index (χ4n) is 12.4. The number of hydrogen-bond acceptors (Lipinski definition) is 4. The number of pyridine rings is 1. The third kappa shape index (κ3) is 10.2. The van der Waals surface area contributed by atoms with Gasteiger partial charge in [0, 0.05) is 51.5 Å². The smallest absolute Gasteiger partial charge is 0.137 e. The summed E-state index contributed by atoms with van der Waals surface area (Å²) in [4.78, 5) is 9.41. The molecule has 0 atom stereocenters. The molecule has 1 aliphatic heterocycles. The monoisotopic (exact) mass is 1120 g/mol. The summed E-state index contributed by atoms with van der Waals surface area (Å²) in [7, 11) is 0. The van der Waals surface area contributed by atoms with E-state index >= 15 is 0 Å². The third-order valence-corrected chi connectivity index (χ3v) is 17.3. The predicted octanol–water partition coefficient (Wildman–Crippen LogP) is 22.1. The highest BCUT2D eigenvalue weighted by Crippen LogP contribution is 2.54. The first kappa shape index (κ1) is 44.8. The van der Waals surface area contributed by atoms with Gasteiger partial charge in [0.05, 0.1) is 41.8 Å². The number of rotatable bonds is 9. The molecule has 1 aliphatic carbocycles. The Morgan fingerprint density at radius 1 is 0.471 bits per heavy atom. The van der Waals surface area contributed by atoms with E-state index in [1.165, 1.54) is 0 Å². The minimum absolute atomic E-state index is 0.0320. The van der Waals surface area contributed by atoms with Crippen molar-refractivity contribution in [1.29, 1.82) is 0 Å². The Labute approximate surface area is 518 Å².